The summed E-state index contributed by atoms with van der Waals surface area (Å²) in [6.07, 6.45) is 3.74. The van der Waals surface area contributed by atoms with Gasteiger partial charge in [-0.1, -0.05) is 19.9 Å². The average Bonchev–Trinajstić information content (AvgIpc) is 2.12. The third kappa shape index (κ3) is 2.83. The number of aliphatic hydroxyl groups excluding tert-OH is 1. The molecule has 82 valence electrons. The van der Waals surface area contributed by atoms with E-state index < -0.39 is 11.1 Å². The second-order valence-electron chi connectivity index (χ2n) is 4.00. The molecule has 1 amide bonds. The molecule has 0 bridgehead atoms. The molecule has 0 atom stereocenters. The van der Waals surface area contributed by atoms with Crippen LogP contribution in [0.1, 0.15) is 20.3 Å². The van der Waals surface area contributed by atoms with Gasteiger partial charge in [0.25, 0.3) is 0 Å². The van der Waals surface area contributed by atoms with Crippen LogP contribution in [0.15, 0.2) is 23.6 Å². The Morgan fingerprint density at radius 1 is 1.53 bits per heavy atom. The summed E-state index contributed by atoms with van der Waals surface area (Å²) in [7, 11) is 0. The summed E-state index contributed by atoms with van der Waals surface area (Å²) in [5.74, 6) is -0.728. The molecule has 5 heteroatoms. The minimum absolute atomic E-state index is 0.169. The number of rotatable bonds is 2. The van der Waals surface area contributed by atoms with Gasteiger partial charge in [-0.15, -0.1) is 0 Å². The lowest BCUT2D eigenvalue weighted by molar-refractivity contribution is -0.132. The van der Waals surface area contributed by atoms with Crippen molar-refractivity contribution in [3.8, 4) is 0 Å². The third-order valence-corrected chi connectivity index (χ3v) is 2.43. The van der Waals surface area contributed by atoms with Crippen molar-refractivity contribution in [2.45, 2.75) is 20.3 Å². The van der Waals surface area contributed by atoms with E-state index in [4.69, 9.17) is 11.6 Å². The van der Waals surface area contributed by atoms with Crippen LogP contribution in [0.4, 0.5) is 0 Å². The van der Waals surface area contributed by atoms with E-state index in [0.29, 0.717) is 12.1 Å². The predicted molar refractivity (Wildman–Crippen MR) is 56.2 cm³/mol. The van der Waals surface area contributed by atoms with Crippen LogP contribution in [0.3, 0.4) is 0 Å². The maximum absolute atomic E-state index is 10.9. The van der Waals surface area contributed by atoms with Crippen LogP contribution in [0.25, 0.3) is 0 Å². The van der Waals surface area contributed by atoms with E-state index in [-0.39, 0.29) is 11.2 Å². The summed E-state index contributed by atoms with van der Waals surface area (Å²) in [5.41, 5.74) is 0.0602. The van der Waals surface area contributed by atoms with E-state index in [1.165, 1.54) is 6.08 Å². The normalized spacial score (nSPS) is 18.9. The van der Waals surface area contributed by atoms with Crippen LogP contribution in [-0.4, -0.2) is 16.3 Å². The predicted octanol–water partition coefficient (Wildman–Crippen LogP) is 1.62. The van der Waals surface area contributed by atoms with Crippen molar-refractivity contribution < 1.29 is 14.7 Å². The fourth-order valence-corrected chi connectivity index (χ4v) is 1.19. The molecule has 4 nitrogen and oxygen atoms in total. The fourth-order valence-electron chi connectivity index (χ4n) is 1.14. The lowest BCUT2D eigenvalue weighted by Gasteiger charge is -2.26. The highest BCUT2D eigenvalue weighted by molar-refractivity contribution is 6.81. The van der Waals surface area contributed by atoms with Crippen LogP contribution in [0.5, 0.6) is 0 Å². The molecule has 0 saturated carbocycles. The van der Waals surface area contributed by atoms with Crippen molar-refractivity contribution >= 4 is 22.8 Å². The Bertz CT molecular complexity index is 369. The van der Waals surface area contributed by atoms with Gasteiger partial charge in [-0.3, -0.25) is 9.59 Å². The van der Waals surface area contributed by atoms with Gasteiger partial charge in [0.05, 0.1) is 0 Å². The average molecular weight is 230 g/mol. The molecule has 0 aromatic rings. The first-order valence-electron chi connectivity index (χ1n) is 4.45. The summed E-state index contributed by atoms with van der Waals surface area (Å²) in [6.45, 7) is 3.75. The second-order valence-corrected chi connectivity index (χ2v) is 4.35. The molecule has 2 N–H and O–H groups in total. The topological polar surface area (TPSA) is 66.4 Å². The highest BCUT2D eigenvalue weighted by atomic mass is 35.5. The van der Waals surface area contributed by atoms with E-state index in [2.05, 4.69) is 5.32 Å². The zero-order chi connectivity index (χ0) is 11.6. The molecule has 0 aliphatic heterocycles. The van der Waals surface area contributed by atoms with Crippen molar-refractivity contribution in [3.63, 3.8) is 0 Å². The van der Waals surface area contributed by atoms with Gasteiger partial charge in [0.2, 0.25) is 0 Å². The summed E-state index contributed by atoms with van der Waals surface area (Å²) >= 11 is 4.98. The van der Waals surface area contributed by atoms with Gasteiger partial charge in [0, 0.05) is 11.1 Å². The number of carbonyl (C=O) groups is 2. The van der Waals surface area contributed by atoms with Crippen LogP contribution >= 0.6 is 11.6 Å². The third-order valence-electron chi connectivity index (χ3n) is 2.25. The van der Waals surface area contributed by atoms with E-state index in [1.807, 2.05) is 13.8 Å². The van der Waals surface area contributed by atoms with Crippen LogP contribution in [0, 0.1) is 5.41 Å². The van der Waals surface area contributed by atoms with Gasteiger partial charge in [-0.05, 0) is 24.1 Å². The first kappa shape index (κ1) is 11.8. The minimum atomic E-state index is -1.08. The Kier molecular flexibility index (Phi) is 3.19. The molecule has 0 fully saturated rings. The maximum Gasteiger partial charge on any atom is 0.310 e. The summed E-state index contributed by atoms with van der Waals surface area (Å²) in [6, 6.07) is 0. The fraction of sp³-hybridized carbons (Fsp3) is 0.400. The van der Waals surface area contributed by atoms with Crippen LogP contribution in [-0.2, 0) is 9.59 Å². The molecule has 0 saturated heterocycles. The first-order valence-corrected chi connectivity index (χ1v) is 4.83. The summed E-state index contributed by atoms with van der Waals surface area (Å²) in [4.78, 5) is 21.4. The van der Waals surface area contributed by atoms with E-state index in [1.54, 1.807) is 6.08 Å². The Hall–Kier alpha value is -1.29. The van der Waals surface area contributed by atoms with Gasteiger partial charge >= 0.3 is 11.1 Å². The highest BCUT2D eigenvalue weighted by Gasteiger charge is 2.26. The Morgan fingerprint density at radius 2 is 2.13 bits per heavy atom. The summed E-state index contributed by atoms with van der Waals surface area (Å²) < 4.78 is 0. The molecular weight excluding hydrogens is 218 g/mol. The summed E-state index contributed by atoms with van der Waals surface area (Å²) in [5, 5.41) is 10.8. The van der Waals surface area contributed by atoms with Crippen LogP contribution in [0.2, 0.25) is 0 Å². The van der Waals surface area contributed by atoms with E-state index in [9.17, 15) is 14.7 Å². The van der Waals surface area contributed by atoms with Crippen molar-refractivity contribution in [1.29, 1.82) is 0 Å². The monoisotopic (exact) mass is 229 g/mol. The number of hydrogen-bond donors (Lipinski definition) is 2. The Labute approximate surface area is 92.6 Å². The first-order chi connectivity index (χ1) is 6.83. The molecule has 0 radical (unpaired) electrons. The Balaban J connectivity index is 2.73. The van der Waals surface area contributed by atoms with Gasteiger partial charge in [-0.25, -0.2) is 0 Å². The zero-order valence-electron chi connectivity index (χ0n) is 8.50. The van der Waals surface area contributed by atoms with Crippen LogP contribution < -0.4 is 5.32 Å². The van der Waals surface area contributed by atoms with Gasteiger partial charge in [-0.2, -0.15) is 0 Å². The standard InChI is InChI=1S/C10H12ClNO3/c1-10(2)4-3-6(5-7(10)13)12-9(15)8(11)14/h3,5,13H,4H2,1-2H3,(H,12,15). The molecule has 1 aliphatic rings. The molecule has 0 spiro atoms. The van der Waals surface area contributed by atoms with Gasteiger partial charge in [0.1, 0.15) is 5.76 Å². The molecule has 1 aliphatic carbocycles. The SMILES string of the molecule is CC1(C)CC=C(NC(=O)C(=O)Cl)C=C1O. The van der Waals surface area contributed by atoms with Crippen molar-refractivity contribution in [1.82, 2.24) is 5.32 Å². The lowest BCUT2D eigenvalue weighted by atomic mass is 9.83. The molecule has 0 heterocycles. The van der Waals surface area contributed by atoms with Gasteiger partial charge < -0.3 is 10.4 Å². The molecule has 0 aromatic carbocycles. The molecule has 0 aromatic heterocycles. The number of halogens is 1. The Morgan fingerprint density at radius 3 is 2.60 bits per heavy atom. The zero-order valence-corrected chi connectivity index (χ0v) is 9.26. The highest BCUT2D eigenvalue weighted by Crippen LogP contribution is 2.33. The molecule has 0 unspecified atom stereocenters. The number of carbonyl (C=O) groups excluding carboxylic acids is 2. The minimum Gasteiger partial charge on any atom is -0.512 e. The quantitative estimate of drug-likeness (QED) is 0.559. The molecule has 15 heavy (non-hydrogen) atoms. The largest absolute Gasteiger partial charge is 0.512 e. The van der Waals surface area contributed by atoms with E-state index in [0.717, 1.165) is 0 Å². The number of hydrogen-bond acceptors (Lipinski definition) is 3. The van der Waals surface area contributed by atoms with Crippen molar-refractivity contribution in [2.24, 2.45) is 5.41 Å². The number of nitrogens with one attached hydrogen (secondary N) is 1. The number of aliphatic hydroxyl groups is 1. The maximum atomic E-state index is 10.9. The van der Waals surface area contributed by atoms with Gasteiger partial charge in [0.15, 0.2) is 0 Å². The molecule has 1 rings (SSSR count). The van der Waals surface area contributed by atoms with Crippen molar-refractivity contribution in [2.75, 3.05) is 0 Å². The smallest absolute Gasteiger partial charge is 0.310 e. The van der Waals surface area contributed by atoms with Crippen molar-refractivity contribution in [3.05, 3.63) is 23.6 Å². The number of amides is 1. The number of allylic oxidation sites excluding steroid dienone is 3. The van der Waals surface area contributed by atoms with E-state index >= 15 is 0 Å². The second kappa shape index (κ2) is 4.06. The lowest BCUT2D eigenvalue weighted by Crippen LogP contribution is -2.29. The molecular formula is C10H12ClNO3.